The number of benzene rings is 3. The summed E-state index contributed by atoms with van der Waals surface area (Å²) in [5, 5.41) is 3.04. The Hall–Kier alpha value is -3.80. The topological polar surface area (TPSA) is 67.9 Å². The molecule has 0 saturated carbocycles. The van der Waals surface area contributed by atoms with E-state index in [9.17, 15) is 9.59 Å². The fraction of sp³-hybridized carbons (Fsp3) is 0.333. The third-order valence-electron chi connectivity index (χ3n) is 5.98. The van der Waals surface area contributed by atoms with Crippen LogP contribution in [0.3, 0.4) is 0 Å². The van der Waals surface area contributed by atoms with Gasteiger partial charge in [0.15, 0.2) is 18.1 Å². The van der Waals surface area contributed by atoms with Gasteiger partial charge in [-0.05, 0) is 41.7 Å². The van der Waals surface area contributed by atoms with E-state index in [1.165, 1.54) is 0 Å². The van der Waals surface area contributed by atoms with Crippen molar-refractivity contribution in [2.45, 2.75) is 39.8 Å². The van der Waals surface area contributed by atoms with Crippen LogP contribution in [0.15, 0.2) is 78.9 Å². The largest absolute Gasteiger partial charge is 0.493 e. The molecule has 0 fully saturated rings. The van der Waals surface area contributed by atoms with E-state index in [-0.39, 0.29) is 18.4 Å². The fourth-order valence-electron chi connectivity index (χ4n) is 3.91. The van der Waals surface area contributed by atoms with Gasteiger partial charge in [0.2, 0.25) is 5.91 Å². The van der Waals surface area contributed by atoms with E-state index >= 15 is 0 Å². The Morgan fingerprint density at radius 1 is 0.889 bits per heavy atom. The summed E-state index contributed by atoms with van der Waals surface area (Å²) in [4.78, 5) is 28.8. The first-order chi connectivity index (χ1) is 17.4. The lowest BCUT2D eigenvalue weighted by Gasteiger charge is -2.32. The molecule has 190 valence electrons. The molecule has 3 aromatic carbocycles. The standard InChI is InChI=1S/C30H36N2O4/c1-22(2)19-31-30(34)26(18-24-13-6-5-7-14-24)32(20-25-15-9-8-12-23(25)3)29(33)21-36-28-17-11-10-16-27(28)35-4/h5-17,22,26H,18-21H2,1-4H3,(H,31,34). The summed E-state index contributed by atoms with van der Waals surface area (Å²) in [5.74, 6) is 0.872. The van der Waals surface area contributed by atoms with Crippen LogP contribution in [0.2, 0.25) is 0 Å². The molecule has 36 heavy (non-hydrogen) atoms. The third-order valence-corrected chi connectivity index (χ3v) is 5.98. The molecule has 0 aromatic heterocycles. The molecule has 0 radical (unpaired) electrons. The number of hydrogen-bond acceptors (Lipinski definition) is 4. The molecular formula is C30H36N2O4. The molecule has 6 heteroatoms. The first-order valence-corrected chi connectivity index (χ1v) is 12.3. The van der Waals surface area contributed by atoms with Crippen LogP contribution in [-0.4, -0.2) is 43.0 Å². The normalized spacial score (nSPS) is 11.6. The van der Waals surface area contributed by atoms with Crippen LogP contribution in [0.4, 0.5) is 0 Å². The number of carbonyl (C=O) groups is 2. The second-order valence-corrected chi connectivity index (χ2v) is 9.23. The number of carbonyl (C=O) groups excluding carboxylic acids is 2. The number of amides is 2. The highest BCUT2D eigenvalue weighted by Crippen LogP contribution is 2.26. The zero-order valence-corrected chi connectivity index (χ0v) is 21.6. The molecule has 0 aliphatic rings. The molecule has 0 saturated heterocycles. The molecule has 0 spiro atoms. The molecular weight excluding hydrogens is 452 g/mol. The lowest BCUT2D eigenvalue weighted by Crippen LogP contribution is -2.52. The maximum atomic E-state index is 13.7. The Morgan fingerprint density at radius 2 is 1.53 bits per heavy atom. The molecule has 1 unspecified atom stereocenters. The first kappa shape index (κ1) is 26.8. The zero-order chi connectivity index (χ0) is 25.9. The average molecular weight is 489 g/mol. The van der Waals surface area contributed by atoms with E-state index in [4.69, 9.17) is 9.47 Å². The van der Waals surface area contributed by atoms with Crippen molar-refractivity contribution in [3.63, 3.8) is 0 Å². The summed E-state index contributed by atoms with van der Waals surface area (Å²) in [6.45, 7) is 6.72. The van der Waals surface area contributed by atoms with Crippen molar-refractivity contribution in [1.82, 2.24) is 10.2 Å². The van der Waals surface area contributed by atoms with Crippen LogP contribution < -0.4 is 14.8 Å². The highest BCUT2D eigenvalue weighted by Gasteiger charge is 2.31. The van der Waals surface area contributed by atoms with E-state index in [0.29, 0.717) is 36.9 Å². The highest BCUT2D eigenvalue weighted by molar-refractivity contribution is 5.88. The number of ether oxygens (including phenoxy) is 2. The van der Waals surface area contributed by atoms with Gasteiger partial charge >= 0.3 is 0 Å². The SMILES string of the molecule is COc1ccccc1OCC(=O)N(Cc1ccccc1C)C(Cc1ccccc1)C(=O)NCC(C)C. The van der Waals surface area contributed by atoms with Gasteiger partial charge in [0.1, 0.15) is 6.04 Å². The molecule has 1 N–H and O–H groups in total. The lowest BCUT2D eigenvalue weighted by atomic mass is 10.0. The zero-order valence-electron chi connectivity index (χ0n) is 21.6. The number of nitrogens with one attached hydrogen (secondary N) is 1. The van der Waals surface area contributed by atoms with Gasteiger partial charge in [-0.1, -0.05) is 80.6 Å². The minimum absolute atomic E-state index is 0.174. The second-order valence-electron chi connectivity index (χ2n) is 9.23. The molecule has 0 heterocycles. The number of para-hydroxylation sites is 2. The smallest absolute Gasteiger partial charge is 0.261 e. The van der Waals surface area contributed by atoms with Crippen molar-refractivity contribution in [3.8, 4) is 11.5 Å². The third kappa shape index (κ3) is 7.60. The van der Waals surface area contributed by atoms with Crippen LogP contribution in [0.5, 0.6) is 11.5 Å². The van der Waals surface area contributed by atoms with Gasteiger partial charge in [-0.3, -0.25) is 9.59 Å². The van der Waals surface area contributed by atoms with Crippen LogP contribution in [0.1, 0.15) is 30.5 Å². The van der Waals surface area contributed by atoms with Gasteiger partial charge in [0, 0.05) is 19.5 Å². The molecule has 1 atom stereocenters. The number of methoxy groups -OCH3 is 1. The minimum Gasteiger partial charge on any atom is -0.493 e. The summed E-state index contributed by atoms with van der Waals surface area (Å²) in [5.41, 5.74) is 3.02. The Morgan fingerprint density at radius 3 is 2.19 bits per heavy atom. The maximum Gasteiger partial charge on any atom is 0.261 e. The van der Waals surface area contributed by atoms with Crippen LogP contribution in [-0.2, 0) is 22.6 Å². The summed E-state index contributed by atoms with van der Waals surface area (Å²) in [7, 11) is 1.56. The van der Waals surface area contributed by atoms with E-state index in [2.05, 4.69) is 5.32 Å². The first-order valence-electron chi connectivity index (χ1n) is 12.3. The van der Waals surface area contributed by atoms with Crippen molar-refractivity contribution < 1.29 is 19.1 Å². The van der Waals surface area contributed by atoms with Crippen molar-refractivity contribution >= 4 is 11.8 Å². The van der Waals surface area contributed by atoms with Crippen molar-refractivity contribution in [2.75, 3.05) is 20.3 Å². The fourth-order valence-corrected chi connectivity index (χ4v) is 3.91. The number of hydrogen-bond donors (Lipinski definition) is 1. The lowest BCUT2D eigenvalue weighted by molar-refractivity contribution is -0.142. The van der Waals surface area contributed by atoms with Crippen molar-refractivity contribution in [3.05, 3.63) is 95.6 Å². The Kier molecular flexibility index (Phi) is 9.92. The van der Waals surface area contributed by atoms with Gasteiger partial charge in [-0.2, -0.15) is 0 Å². The maximum absolute atomic E-state index is 13.7. The monoisotopic (exact) mass is 488 g/mol. The molecule has 2 amide bonds. The van der Waals surface area contributed by atoms with Crippen LogP contribution in [0, 0.1) is 12.8 Å². The van der Waals surface area contributed by atoms with E-state index in [0.717, 1.165) is 16.7 Å². The molecule has 6 nitrogen and oxygen atoms in total. The van der Waals surface area contributed by atoms with Gasteiger partial charge in [0.25, 0.3) is 5.91 Å². The summed E-state index contributed by atoms with van der Waals surface area (Å²) in [6, 6.07) is 24.2. The minimum atomic E-state index is -0.695. The Bertz CT molecular complexity index is 1130. The molecule has 0 aliphatic heterocycles. The van der Waals surface area contributed by atoms with Crippen molar-refractivity contribution in [1.29, 1.82) is 0 Å². The number of rotatable bonds is 12. The predicted octanol–water partition coefficient (Wildman–Crippen LogP) is 4.79. The van der Waals surface area contributed by atoms with E-state index < -0.39 is 6.04 Å². The Labute approximate surface area is 214 Å². The molecule has 3 rings (SSSR count). The number of aryl methyl sites for hydroxylation is 1. The van der Waals surface area contributed by atoms with Crippen molar-refractivity contribution in [2.24, 2.45) is 5.92 Å². The van der Waals surface area contributed by atoms with Crippen LogP contribution >= 0.6 is 0 Å². The van der Waals surface area contributed by atoms with E-state index in [1.54, 1.807) is 24.1 Å². The highest BCUT2D eigenvalue weighted by atomic mass is 16.5. The molecule has 0 bridgehead atoms. The van der Waals surface area contributed by atoms with E-state index in [1.807, 2.05) is 87.5 Å². The number of nitrogens with zero attached hydrogens (tertiary/aromatic N) is 1. The summed E-state index contributed by atoms with van der Waals surface area (Å²) < 4.78 is 11.2. The van der Waals surface area contributed by atoms with Crippen LogP contribution in [0.25, 0.3) is 0 Å². The quantitative estimate of drug-likeness (QED) is 0.398. The van der Waals surface area contributed by atoms with Gasteiger partial charge in [0.05, 0.1) is 7.11 Å². The van der Waals surface area contributed by atoms with Gasteiger partial charge in [-0.15, -0.1) is 0 Å². The average Bonchev–Trinajstić information content (AvgIpc) is 2.89. The van der Waals surface area contributed by atoms with Gasteiger partial charge < -0.3 is 19.7 Å². The summed E-state index contributed by atoms with van der Waals surface area (Å²) >= 11 is 0. The summed E-state index contributed by atoms with van der Waals surface area (Å²) in [6.07, 6.45) is 0.400. The molecule has 3 aromatic rings. The second kappa shape index (κ2) is 13.3. The van der Waals surface area contributed by atoms with Gasteiger partial charge in [-0.25, -0.2) is 0 Å². The predicted molar refractivity (Wildman–Crippen MR) is 142 cm³/mol. The Balaban J connectivity index is 1.92. The molecule has 0 aliphatic carbocycles.